The van der Waals surface area contributed by atoms with Crippen molar-refractivity contribution in [2.75, 3.05) is 11.4 Å². The second-order valence-corrected chi connectivity index (χ2v) is 7.33. The van der Waals surface area contributed by atoms with Crippen molar-refractivity contribution in [3.8, 4) is 5.75 Å². The van der Waals surface area contributed by atoms with Crippen molar-refractivity contribution in [3.05, 3.63) is 58.1 Å². The van der Waals surface area contributed by atoms with Crippen LogP contribution in [0, 0.1) is 5.92 Å². The lowest BCUT2D eigenvalue weighted by atomic mass is 9.93. The molecule has 1 aliphatic rings. The molecule has 2 atom stereocenters. The van der Waals surface area contributed by atoms with Gasteiger partial charge in [0.15, 0.2) is 0 Å². The first kappa shape index (κ1) is 17.0. The SMILES string of the molecule is CC1Cc2ccccc2N(C(=O)C(N)Cc2ccc(O)cc2Br)C1. The molecular formula is C19H21BrN2O2. The Bertz CT molecular complexity index is 763. The summed E-state index contributed by atoms with van der Waals surface area (Å²) >= 11 is 3.42. The van der Waals surface area contributed by atoms with E-state index in [0.29, 0.717) is 18.9 Å². The molecule has 5 heteroatoms. The van der Waals surface area contributed by atoms with Gasteiger partial charge in [-0.25, -0.2) is 0 Å². The van der Waals surface area contributed by atoms with Crippen molar-refractivity contribution in [2.45, 2.75) is 25.8 Å². The number of halogens is 1. The highest BCUT2D eigenvalue weighted by atomic mass is 79.9. The molecule has 2 aromatic rings. The summed E-state index contributed by atoms with van der Waals surface area (Å²) in [6.45, 7) is 2.85. The lowest BCUT2D eigenvalue weighted by molar-refractivity contribution is -0.120. The fourth-order valence-corrected chi connectivity index (χ4v) is 3.76. The number of phenols is 1. The minimum atomic E-state index is -0.621. The van der Waals surface area contributed by atoms with Gasteiger partial charge in [0.25, 0.3) is 0 Å². The number of hydrogen-bond donors (Lipinski definition) is 2. The van der Waals surface area contributed by atoms with Crippen LogP contribution in [0.3, 0.4) is 0 Å². The Labute approximate surface area is 150 Å². The van der Waals surface area contributed by atoms with Gasteiger partial charge in [-0.2, -0.15) is 0 Å². The Hall–Kier alpha value is -1.85. The molecule has 0 bridgehead atoms. The van der Waals surface area contributed by atoms with Crippen LogP contribution in [0.1, 0.15) is 18.1 Å². The summed E-state index contributed by atoms with van der Waals surface area (Å²) in [5.41, 5.74) is 9.29. The molecule has 1 heterocycles. The molecule has 1 aliphatic heterocycles. The van der Waals surface area contributed by atoms with Crippen LogP contribution >= 0.6 is 15.9 Å². The zero-order valence-corrected chi connectivity index (χ0v) is 15.2. The van der Waals surface area contributed by atoms with Crippen LogP contribution in [0.2, 0.25) is 0 Å². The highest BCUT2D eigenvalue weighted by Gasteiger charge is 2.29. The third-order valence-corrected chi connectivity index (χ3v) is 5.14. The number of benzene rings is 2. The number of carbonyl (C=O) groups excluding carboxylic acids is 1. The van der Waals surface area contributed by atoms with E-state index in [9.17, 15) is 9.90 Å². The number of anilines is 1. The van der Waals surface area contributed by atoms with Gasteiger partial charge in [-0.15, -0.1) is 0 Å². The van der Waals surface area contributed by atoms with E-state index < -0.39 is 6.04 Å². The Balaban J connectivity index is 1.81. The predicted molar refractivity (Wildman–Crippen MR) is 99.1 cm³/mol. The van der Waals surface area contributed by atoms with E-state index in [2.05, 4.69) is 28.9 Å². The molecule has 0 saturated carbocycles. The minimum absolute atomic E-state index is 0.0611. The fraction of sp³-hybridized carbons (Fsp3) is 0.316. The number of aromatic hydroxyl groups is 1. The maximum Gasteiger partial charge on any atom is 0.244 e. The maximum absolute atomic E-state index is 12.9. The van der Waals surface area contributed by atoms with E-state index in [1.807, 2.05) is 23.1 Å². The smallest absolute Gasteiger partial charge is 0.244 e. The van der Waals surface area contributed by atoms with Gasteiger partial charge in [0.2, 0.25) is 5.91 Å². The largest absolute Gasteiger partial charge is 0.508 e. The number of hydrogen-bond acceptors (Lipinski definition) is 3. The van der Waals surface area contributed by atoms with Crippen LogP contribution in [-0.2, 0) is 17.6 Å². The third-order valence-electron chi connectivity index (χ3n) is 4.40. The summed E-state index contributed by atoms with van der Waals surface area (Å²) < 4.78 is 0.762. The van der Waals surface area contributed by atoms with Gasteiger partial charge in [-0.3, -0.25) is 4.79 Å². The Morgan fingerprint density at radius 1 is 1.38 bits per heavy atom. The Kier molecular flexibility index (Phi) is 4.92. The Morgan fingerprint density at radius 2 is 2.12 bits per heavy atom. The molecule has 0 radical (unpaired) electrons. The van der Waals surface area contributed by atoms with Gasteiger partial charge < -0.3 is 15.7 Å². The van der Waals surface area contributed by atoms with Gasteiger partial charge in [0.05, 0.1) is 6.04 Å². The van der Waals surface area contributed by atoms with Crippen molar-refractivity contribution in [2.24, 2.45) is 11.7 Å². The molecular weight excluding hydrogens is 368 g/mol. The van der Waals surface area contributed by atoms with E-state index >= 15 is 0 Å². The lowest BCUT2D eigenvalue weighted by Crippen LogP contribution is -2.48. The molecule has 0 spiro atoms. The average Bonchev–Trinajstić information content (AvgIpc) is 2.55. The highest BCUT2D eigenvalue weighted by molar-refractivity contribution is 9.10. The average molecular weight is 389 g/mol. The third kappa shape index (κ3) is 3.47. The predicted octanol–water partition coefficient (Wildman–Crippen LogP) is 3.25. The van der Waals surface area contributed by atoms with E-state index in [1.54, 1.807) is 18.2 Å². The van der Waals surface area contributed by atoms with Crippen molar-refractivity contribution >= 4 is 27.5 Å². The second kappa shape index (κ2) is 6.95. The van der Waals surface area contributed by atoms with Crippen LogP contribution in [0.4, 0.5) is 5.69 Å². The van der Waals surface area contributed by atoms with Gasteiger partial charge in [-0.05, 0) is 48.1 Å². The van der Waals surface area contributed by atoms with Crippen molar-refractivity contribution < 1.29 is 9.90 Å². The number of para-hydroxylation sites is 1. The highest BCUT2D eigenvalue weighted by Crippen LogP contribution is 2.30. The van der Waals surface area contributed by atoms with Gasteiger partial charge in [0.1, 0.15) is 5.75 Å². The van der Waals surface area contributed by atoms with Crippen molar-refractivity contribution in [3.63, 3.8) is 0 Å². The van der Waals surface area contributed by atoms with E-state index in [1.165, 1.54) is 5.56 Å². The molecule has 1 amide bonds. The summed E-state index contributed by atoms with van der Waals surface area (Å²) in [5.74, 6) is 0.537. The number of amides is 1. The van der Waals surface area contributed by atoms with Crippen molar-refractivity contribution in [1.29, 1.82) is 0 Å². The van der Waals surface area contributed by atoms with E-state index in [4.69, 9.17) is 5.73 Å². The lowest BCUT2D eigenvalue weighted by Gasteiger charge is -2.34. The summed E-state index contributed by atoms with van der Waals surface area (Å²) in [4.78, 5) is 14.7. The number of nitrogens with zero attached hydrogens (tertiary/aromatic N) is 1. The van der Waals surface area contributed by atoms with Gasteiger partial charge in [-0.1, -0.05) is 47.1 Å². The van der Waals surface area contributed by atoms with Crippen LogP contribution in [0.15, 0.2) is 46.9 Å². The first-order valence-corrected chi connectivity index (χ1v) is 8.87. The number of nitrogens with two attached hydrogens (primary N) is 1. The maximum atomic E-state index is 12.9. The molecule has 126 valence electrons. The molecule has 0 fully saturated rings. The quantitative estimate of drug-likeness (QED) is 0.847. The number of rotatable bonds is 3. The van der Waals surface area contributed by atoms with Crippen LogP contribution in [-0.4, -0.2) is 23.6 Å². The molecule has 2 unspecified atom stereocenters. The van der Waals surface area contributed by atoms with E-state index in [-0.39, 0.29) is 11.7 Å². The normalized spacial score (nSPS) is 18.1. The molecule has 0 saturated heterocycles. The molecule has 24 heavy (non-hydrogen) atoms. The van der Waals surface area contributed by atoms with Crippen molar-refractivity contribution in [1.82, 2.24) is 0 Å². The van der Waals surface area contributed by atoms with Crippen LogP contribution in [0.25, 0.3) is 0 Å². The number of phenolic OH excluding ortho intramolecular Hbond substituents is 1. The molecule has 0 aromatic heterocycles. The first-order chi connectivity index (χ1) is 11.5. The summed E-state index contributed by atoms with van der Waals surface area (Å²) in [6.07, 6.45) is 1.41. The van der Waals surface area contributed by atoms with Gasteiger partial charge in [0, 0.05) is 16.7 Å². The number of fused-ring (bicyclic) bond motifs is 1. The summed E-state index contributed by atoms with van der Waals surface area (Å²) in [6, 6.07) is 12.4. The summed E-state index contributed by atoms with van der Waals surface area (Å²) in [7, 11) is 0. The topological polar surface area (TPSA) is 66.6 Å². The van der Waals surface area contributed by atoms with Crippen LogP contribution in [0.5, 0.6) is 5.75 Å². The monoisotopic (exact) mass is 388 g/mol. The fourth-order valence-electron chi connectivity index (χ4n) is 3.23. The zero-order valence-electron chi connectivity index (χ0n) is 13.6. The summed E-state index contributed by atoms with van der Waals surface area (Å²) in [5, 5.41) is 9.49. The van der Waals surface area contributed by atoms with Gasteiger partial charge >= 0.3 is 0 Å². The second-order valence-electron chi connectivity index (χ2n) is 6.47. The van der Waals surface area contributed by atoms with E-state index in [0.717, 1.165) is 22.1 Å². The molecule has 3 N–H and O–H groups in total. The number of carbonyl (C=O) groups is 1. The molecule has 4 nitrogen and oxygen atoms in total. The molecule has 0 aliphatic carbocycles. The van der Waals surface area contributed by atoms with Crippen LogP contribution < -0.4 is 10.6 Å². The molecule has 3 rings (SSSR count). The first-order valence-electron chi connectivity index (χ1n) is 8.08. The molecule has 2 aromatic carbocycles. The zero-order chi connectivity index (χ0) is 17.3. The Morgan fingerprint density at radius 3 is 2.88 bits per heavy atom. The standard InChI is InChI=1S/C19H21BrN2O2/c1-12-8-14-4-2-3-5-18(14)22(11-12)19(24)17(21)9-13-6-7-15(23)10-16(13)20/h2-7,10,12,17,23H,8-9,11,21H2,1H3. The minimum Gasteiger partial charge on any atom is -0.508 e.